The molecule has 2 rings (SSSR count). The lowest BCUT2D eigenvalue weighted by Gasteiger charge is -2.25. The van der Waals surface area contributed by atoms with Gasteiger partial charge in [0.2, 0.25) is 5.91 Å². The SMILES string of the molecule is CN(CC(=O)N(CCC#N)c1ccccc1F)Cc1ccc(Cl)c(Cl)c1. The van der Waals surface area contributed by atoms with Crippen molar-refractivity contribution in [3.63, 3.8) is 0 Å². The summed E-state index contributed by atoms with van der Waals surface area (Å²) in [6.45, 7) is 0.683. The summed E-state index contributed by atoms with van der Waals surface area (Å²) in [5.41, 5.74) is 1.08. The number of rotatable bonds is 7. The largest absolute Gasteiger partial charge is 0.308 e. The predicted octanol–water partition coefficient (Wildman–Crippen LogP) is 4.51. The highest BCUT2D eigenvalue weighted by molar-refractivity contribution is 6.42. The number of nitriles is 1. The Morgan fingerprint density at radius 1 is 1.19 bits per heavy atom. The topological polar surface area (TPSA) is 47.3 Å². The van der Waals surface area contributed by atoms with Gasteiger partial charge in [-0.05, 0) is 36.9 Å². The number of carbonyl (C=O) groups is 1. The van der Waals surface area contributed by atoms with Crippen molar-refractivity contribution < 1.29 is 9.18 Å². The van der Waals surface area contributed by atoms with E-state index in [0.29, 0.717) is 16.6 Å². The van der Waals surface area contributed by atoms with Gasteiger partial charge in [-0.1, -0.05) is 41.4 Å². The average molecular weight is 394 g/mol. The second-order valence-electron chi connectivity index (χ2n) is 5.83. The Labute approximate surface area is 162 Å². The zero-order valence-electron chi connectivity index (χ0n) is 14.3. The molecular weight excluding hydrogens is 376 g/mol. The molecule has 7 heteroatoms. The van der Waals surface area contributed by atoms with Crippen LogP contribution >= 0.6 is 23.2 Å². The first-order valence-corrected chi connectivity index (χ1v) is 8.72. The van der Waals surface area contributed by atoms with Gasteiger partial charge in [0, 0.05) is 13.1 Å². The standard InChI is InChI=1S/C19H18Cl2FN3O/c1-24(12-14-7-8-15(20)16(21)11-14)13-19(26)25(10-4-9-23)18-6-3-2-5-17(18)22/h2-3,5-8,11H,4,10,12-13H2,1H3. The monoisotopic (exact) mass is 393 g/mol. The van der Waals surface area contributed by atoms with Crippen LogP contribution in [0.1, 0.15) is 12.0 Å². The normalized spacial score (nSPS) is 10.6. The molecule has 0 aliphatic heterocycles. The third kappa shape index (κ3) is 5.43. The number of anilines is 1. The van der Waals surface area contributed by atoms with Crippen molar-refractivity contribution >= 4 is 34.8 Å². The first kappa shape index (κ1) is 20.2. The van der Waals surface area contributed by atoms with Gasteiger partial charge in [0.05, 0.1) is 34.8 Å². The number of carbonyl (C=O) groups excluding carboxylic acids is 1. The number of hydrogen-bond acceptors (Lipinski definition) is 3. The van der Waals surface area contributed by atoms with Crippen LogP contribution in [0.2, 0.25) is 10.0 Å². The van der Waals surface area contributed by atoms with E-state index in [0.717, 1.165) is 5.56 Å². The second-order valence-corrected chi connectivity index (χ2v) is 6.64. The van der Waals surface area contributed by atoms with E-state index < -0.39 is 5.82 Å². The number of likely N-dealkylation sites (N-methyl/N-ethyl adjacent to an activating group) is 1. The van der Waals surface area contributed by atoms with E-state index in [1.165, 1.54) is 17.0 Å². The molecule has 0 saturated carbocycles. The van der Waals surface area contributed by atoms with Crippen LogP contribution in [0.5, 0.6) is 0 Å². The molecule has 0 aliphatic rings. The minimum absolute atomic E-state index is 0.0695. The maximum Gasteiger partial charge on any atom is 0.241 e. The van der Waals surface area contributed by atoms with Crippen LogP contribution < -0.4 is 4.90 Å². The molecule has 0 radical (unpaired) electrons. The summed E-state index contributed by atoms with van der Waals surface area (Å²) >= 11 is 11.9. The van der Waals surface area contributed by atoms with Crippen molar-refractivity contribution in [2.24, 2.45) is 0 Å². The first-order valence-electron chi connectivity index (χ1n) is 7.96. The highest BCUT2D eigenvalue weighted by Crippen LogP contribution is 2.23. The van der Waals surface area contributed by atoms with E-state index >= 15 is 0 Å². The fourth-order valence-corrected chi connectivity index (χ4v) is 2.85. The van der Waals surface area contributed by atoms with Crippen molar-refractivity contribution in [2.45, 2.75) is 13.0 Å². The third-order valence-electron chi connectivity index (χ3n) is 3.73. The Bertz CT molecular complexity index is 823. The number of amides is 1. The van der Waals surface area contributed by atoms with Crippen LogP contribution in [0.4, 0.5) is 10.1 Å². The van der Waals surface area contributed by atoms with Crippen LogP contribution in [0.3, 0.4) is 0 Å². The van der Waals surface area contributed by atoms with Crippen LogP contribution in [0.25, 0.3) is 0 Å². The van der Waals surface area contributed by atoms with Gasteiger partial charge in [0.1, 0.15) is 5.82 Å². The van der Waals surface area contributed by atoms with E-state index in [9.17, 15) is 9.18 Å². The molecule has 4 nitrogen and oxygen atoms in total. The summed E-state index contributed by atoms with van der Waals surface area (Å²) in [7, 11) is 1.78. The molecule has 0 atom stereocenters. The Balaban J connectivity index is 2.09. The van der Waals surface area contributed by atoms with Gasteiger partial charge in [-0.2, -0.15) is 5.26 Å². The summed E-state index contributed by atoms with van der Waals surface area (Å²) in [5.74, 6) is -0.779. The molecule has 0 unspecified atom stereocenters. The minimum atomic E-state index is -0.495. The van der Waals surface area contributed by atoms with E-state index in [-0.39, 0.29) is 31.1 Å². The maximum absolute atomic E-state index is 14.1. The molecule has 2 aromatic rings. The summed E-state index contributed by atoms with van der Waals surface area (Å²) in [5, 5.41) is 9.74. The number of hydrogen-bond donors (Lipinski definition) is 0. The van der Waals surface area contributed by atoms with E-state index in [1.807, 2.05) is 12.1 Å². The van der Waals surface area contributed by atoms with Crippen LogP contribution in [0.15, 0.2) is 42.5 Å². The fourth-order valence-electron chi connectivity index (χ4n) is 2.53. The third-order valence-corrected chi connectivity index (χ3v) is 4.47. The number of halogens is 3. The summed E-state index contributed by atoms with van der Waals surface area (Å²) in [4.78, 5) is 15.8. The van der Waals surface area contributed by atoms with Crippen molar-refractivity contribution in [3.05, 3.63) is 63.9 Å². The second kappa shape index (κ2) is 9.54. The van der Waals surface area contributed by atoms with E-state index in [4.69, 9.17) is 28.5 Å². The maximum atomic E-state index is 14.1. The van der Waals surface area contributed by atoms with Gasteiger partial charge in [0.25, 0.3) is 0 Å². The van der Waals surface area contributed by atoms with Gasteiger partial charge in [-0.15, -0.1) is 0 Å². The summed E-state index contributed by atoms with van der Waals surface area (Å²) < 4.78 is 14.1. The molecule has 0 spiro atoms. The smallest absolute Gasteiger partial charge is 0.241 e. The van der Waals surface area contributed by atoms with Gasteiger partial charge < -0.3 is 4.90 Å². The van der Waals surface area contributed by atoms with Gasteiger partial charge in [-0.25, -0.2) is 4.39 Å². The lowest BCUT2D eigenvalue weighted by molar-refractivity contribution is -0.119. The molecule has 0 saturated heterocycles. The van der Waals surface area contributed by atoms with Gasteiger partial charge >= 0.3 is 0 Å². The fraction of sp³-hybridized carbons (Fsp3) is 0.263. The lowest BCUT2D eigenvalue weighted by atomic mass is 10.2. The first-order chi connectivity index (χ1) is 12.4. The zero-order valence-corrected chi connectivity index (χ0v) is 15.8. The molecule has 0 bridgehead atoms. The van der Waals surface area contributed by atoms with Crippen LogP contribution in [-0.4, -0.2) is 30.9 Å². The number of para-hydroxylation sites is 1. The van der Waals surface area contributed by atoms with Crippen molar-refractivity contribution in [1.82, 2.24) is 4.90 Å². The van der Waals surface area contributed by atoms with Crippen LogP contribution in [-0.2, 0) is 11.3 Å². The number of nitrogens with zero attached hydrogens (tertiary/aromatic N) is 3. The Kier molecular flexibility index (Phi) is 7.40. The molecule has 0 aliphatic carbocycles. The highest BCUT2D eigenvalue weighted by Gasteiger charge is 2.20. The Hall–Kier alpha value is -2.13. The van der Waals surface area contributed by atoms with Gasteiger partial charge in [0.15, 0.2) is 0 Å². The summed E-state index contributed by atoms with van der Waals surface area (Å²) in [6.07, 6.45) is 0.122. The Morgan fingerprint density at radius 3 is 2.58 bits per heavy atom. The highest BCUT2D eigenvalue weighted by atomic mass is 35.5. The molecule has 2 aromatic carbocycles. The minimum Gasteiger partial charge on any atom is -0.308 e. The molecule has 0 N–H and O–H groups in total. The van der Waals surface area contributed by atoms with E-state index in [2.05, 4.69) is 0 Å². The van der Waals surface area contributed by atoms with Crippen molar-refractivity contribution in [1.29, 1.82) is 5.26 Å². The average Bonchev–Trinajstić information content (AvgIpc) is 2.60. The van der Waals surface area contributed by atoms with E-state index in [1.54, 1.807) is 36.2 Å². The molecule has 0 heterocycles. The molecule has 1 amide bonds. The van der Waals surface area contributed by atoms with Crippen LogP contribution in [0, 0.1) is 17.1 Å². The quantitative estimate of drug-likeness (QED) is 0.694. The van der Waals surface area contributed by atoms with Gasteiger partial charge in [-0.3, -0.25) is 9.69 Å². The lowest BCUT2D eigenvalue weighted by Crippen LogP contribution is -2.40. The predicted molar refractivity (Wildman–Crippen MR) is 102 cm³/mol. The number of benzene rings is 2. The Morgan fingerprint density at radius 2 is 1.92 bits per heavy atom. The molecule has 26 heavy (non-hydrogen) atoms. The molecular formula is C19H18Cl2FN3O. The zero-order chi connectivity index (χ0) is 19.1. The molecule has 0 fully saturated rings. The molecule has 0 aromatic heterocycles. The van der Waals surface area contributed by atoms with Crippen molar-refractivity contribution in [2.75, 3.05) is 25.0 Å². The van der Waals surface area contributed by atoms with Crippen molar-refractivity contribution in [3.8, 4) is 6.07 Å². The molecule has 136 valence electrons. The summed E-state index contributed by atoms with van der Waals surface area (Å²) in [6, 6.07) is 13.3.